The van der Waals surface area contributed by atoms with Crippen molar-refractivity contribution < 1.29 is 24.2 Å². The van der Waals surface area contributed by atoms with Gasteiger partial charge in [-0.3, -0.25) is 9.59 Å². The number of methoxy groups -OCH3 is 1. The lowest BCUT2D eigenvalue weighted by molar-refractivity contribution is -0.135. The van der Waals surface area contributed by atoms with E-state index >= 15 is 0 Å². The van der Waals surface area contributed by atoms with Gasteiger partial charge in [0.2, 0.25) is 11.8 Å². The van der Waals surface area contributed by atoms with Gasteiger partial charge in [-0.15, -0.1) is 0 Å². The summed E-state index contributed by atoms with van der Waals surface area (Å²) >= 11 is 0. The summed E-state index contributed by atoms with van der Waals surface area (Å²) in [6, 6.07) is 26.8. The quantitative estimate of drug-likeness (QED) is 0.234. The second kappa shape index (κ2) is 15.4. The second-order valence-corrected chi connectivity index (χ2v) is 18.2. The lowest BCUT2D eigenvalue weighted by atomic mass is 9.95. The molecule has 0 radical (unpaired) electrons. The zero-order chi connectivity index (χ0) is 32.7. The number of ether oxygens (including phenoxy) is 2. The van der Waals surface area contributed by atoms with Gasteiger partial charge < -0.3 is 24.4 Å². The number of hydrogen-bond acceptors (Lipinski definition) is 5. The van der Waals surface area contributed by atoms with Crippen molar-refractivity contribution in [2.24, 2.45) is 5.92 Å². The van der Waals surface area contributed by atoms with Gasteiger partial charge in [0.1, 0.15) is 5.75 Å². The summed E-state index contributed by atoms with van der Waals surface area (Å²) in [7, 11) is -0.438. The van der Waals surface area contributed by atoms with Crippen molar-refractivity contribution in [3.63, 3.8) is 0 Å². The van der Waals surface area contributed by atoms with Gasteiger partial charge in [0.25, 0.3) is 0 Å². The molecular weight excluding hydrogens is 593 g/mol. The van der Waals surface area contributed by atoms with Crippen LogP contribution in [0.1, 0.15) is 50.2 Å². The molecule has 0 aliphatic carbocycles. The number of carbonyl (C=O) groups excluding carboxylic acids is 2. The minimum atomic E-state index is -2.12. The first kappa shape index (κ1) is 33.9. The molecule has 2 fully saturated rings. The van der Waals surface area contributed by atoms with Gasteiger partial charge in [-0.2, -0.15) is 0 Å². The summed E-state index contributed by atoms with van der Waals surface area (Å²) in [5.74, 6) is 1.34. The van der Waals surface area contributed by atoms with Crippen LogP contribution in [-0.4, -0.2) is 68.9 Å². The Labute approximate surface area is 275 Å². The van der Waals surface area contributed by atoms with Gasteiger partial charge in [0, 0.05) is 31.7 Å². The maximum atomic E-state index is 13.9. The predicted octanol–water partition coefficient (Wildman–Crippen LogP) is 5.95. The van der Waals surface area contributed by atoms with Crippen LogP contribution >= 0.6 is 0 Å². The summed E-state index contributed by atoms with van der Waals surface area (Å²) in [6.45, 7) is 8.58. The third-order valence-electron chi connectivity index (χ3n) is 10.2. The molecule has 246 valence electrons. The molecule has 2 amide bonds. The van der Waals surface area contributed by atoms with Crippen molar-refractivity contribution >= 4 is 30.8 Å². The maximum Gasteiger partial charge on any atom is 0.226 e. The van der Waals surface area contributed by atoms with E-state index in [1.54, 1.807) is 12.0 Å². The van der Waals surface area contributed by atoms with Gasteiger partial charge in [0.15, 0.2) is 0 Å². The second-order valence-electron chi connectivity index (χ2n) is 13.5. The van der Waals surface area contributed by atoms with Crippen LogP contribution in [0.2, 0.25) is 18.6 Å². The number of rotatable bonds is 13. The number of aliphatic hydroxyl groups is 1. The molecule has 2 aliphatic rings. The van der Waals surface area contributed by atoms with Gasteiger partial charge in [0.05, 0.1) is 40.4 Å². The predicted molar refractivity (Wildman–Crippen MR) is 186 cm³/mol. The number of aryl methyl sites for hydroxylation is 1. The number of anilines is 1. The molecule has 2 heterocycles. The van der Waals surface area contributed by atoms with Crippen molar-refractivity contribution in [2.45, 2.75) is 82.8 Å². The molecule has 0 spiro atoms. The number of nitrogens with zero attached hydrogens (tertiary/aromatic N) is 2. The Balaban J connectivity index is 1.33. The van der Waals surface area contributed by atoms with E-state index in [1.165, 1.54) is 10.8 Å². The highest BCUT2D eigenvalue weighted by atomic mass is 28.3. The van der Waals surface area contributed by atoms with E-state index < -0.39 is 8.07 Å². The standard InChI is InChI=1S/C38H50N2O5Si/c1-28-34(22-15-29-13-16-31(17-14-29)40-23-9-8-12-36(40)42)45-35(38(28)46(3,4)33-20-18-32(44-2)19-21-33)26-37(43)39(24-25-41)27-30-10-6-5-7-11-30/h5-7,10-11,13-14,16-21,28,34-35,38,41H,8-9,12,15,22-27H2,1-4H3/t28-,34+,35-,38+/m1/s1. The summed E-state index contributed by atoms with van der Waals surface area (Å²) in [6.07, 6.45) is 4.50. The Morgan fingerprint density at radius 3 is 2.35 bits per heavy atom. The van der Waals surface area contributed by atoms with Crippen molar-refractivity contribution in [3.05, 3.63) is 90.0 Å². The fourth-order valence-corrected chi connectivity index (χ4v) is 11.7. The minimum absolute atomic E-state index is 0.0168. The van der Waals surface area contributed by atoms with Crippen LogP contribution in [0.15, 0.2) is 78.9 Å². The molecule has 0 aromatic heterocycles. The largest absolute Gasteiger partial charge is 0.497 e. The SMILES string of the molecule is COc1ccc([Si](C)(C)[C@H]2[C@H](C)[C@H](CCc3ccc(N4CCCCC4=O)cc3)O[C@@H]2CC(=O)N(CCO)Cc2ccccc2)cc1. The van der Waals surface area contributed by atoms with Crippen LogP contribution in [0, 0.1) is 5.92 Å². The van der Waals surface area contributed by atoms with E-state index in [1.807, 2.05) is 47.4 Å². The van der Waals surface area contributed by atoms with Gasteiger partial charge in [-0.1, -0.05) is 79.8 Å². The zero-order valence-corrected chi connectivity index (χ0v) is 28.9. The van der Waals surface area contributed by atoms with E-state index in [0.717, 1.165) is 49.2 Å². The van der Waals surface area contributed by atoms with Gasteiger partial charge in [-0.25, -0.2) is 0 Å². The molecule has 0 saturated carbocycles. The summed E-state index contributed by atoms with van der Waals surface area (Å²) < 4.78 is 12.3. The van der Waals surface area contributed by atoms with Crippen LogP contribution in [-0.2, 0) is 27.3 Å². The van der Waals surface area contributed by atoms with Crippen LogP contribution < -0.4 is 14.8 Å². The first-order valence-corrected chi connectivity index (χ1v) is 19.9. The maximum absolute atomic E-state index is 13.9. The third-order valence-corrected chi connectivity index (χ3v) is 14.6. The molecule has 0 unspecified atom stereocenters. The average Bonchev–Trinajstić information content (AvgIpc) is 3.39. The average molecular weight is 643 g/mol. The Morgan fingerprint density at radius 1 is 0.978 bits per heavy atom. The van der Waals surface area contributed by atoms with Crippen LogP contribution in [0.5, 0.6) is 5.75 Å². The number of amides is 2. The lowest BCUT2D eigenvalue weighted by Crippen LogP contribution is -2.51. The Bertz CT molecular complexity index is 1430. The minimum Gasteiger partial charge on any atom is -0.497 e. The number of hydrogen-bond donors (Lipinski definition) is 1. The molecule has 3 aromatic rings. The highest BCUT2D eigenvalue weighted by Gasteiger charge is 2.51. The molecule has 5 rings (SSSR count). The Kier molecular flexibility index (Phi) is 11.4. The van der Waals surface area contributed by atoms with Crippen molar-refractivity contribution in [1.29, 1.82) is 0 Å². The lowest BCUT2D eigenvalue weighted by Gasteiger charge is -2.36. The summed E-state index contributed by atoms with van der Waals surface area (Å²) in [4.78, 5) is 30.0. The third kappa shape index (κ3) is 7.90. The number of benzene rings is 3. The smallest absolute Gasteiger partial charge is 0.226 e. The van der Waals surface area contributed by atoms with Gasteiger partial charge in [-0.05, 0) is 72.5 Å². The molecule has 1 N–H and O–H groups in total. The summed E-state index contributed by atoms with van der Waals surface area (Å²) in [5.41, 5.74) is 3.48. The van der Waals surface area contributed by atoms with Crippen molar-refractivity contribution in [1.82, 2.24) is 4.90 Å². The normalized spacial score (nSPS) is 21.8. The first-order valence-electron chi connectivity index (χ1n) is 16.8. The Morgan fingerprint density at radius 2 is 1.70 bits per heavy atom. The first-order chi connectivity index (χ1) is 22.2. The van der Waals surface area contributed by atoms with Gasteiger partial charge >= 0.3 is 0 Å². The molecule has 2 saturated heterocycles. The monoisotopic (exact) mass is 642 g/mol. The highest BCUT2D eigenvalue weighted by Crippen LogP contribution is 2.46. The van der Waals surface area contributed by atoms with E-state index in [9.17, 15) is 14.7 Å². The van der Waals surface area contributed by atoms with E-state index in [0.29, 0.717) is 25.9 Å². The summed E-state index contributed by atoms with van der Waals surface area (Å²) in [5, 5.41) is 11.1. The van der Waals surface area contributed by atoms with Crippen molar-refractivity contribution in [2.75, 3.05) is 31.7 Å². The van der Waals surface area contributed by atoms with Crippen LogP contribution in [0.3, 0.4) is 0 Å². The Hall–Kier alpha value is -3.46. The fourth-order valence-electron chi connectivity index (χ4n) is 7.59. The molecule has 4 atom stereocenters. The fraction of sp³-hybridized carbons (Fsp3) is 0.474. The van der Waals surface area contributed by atoms with Crippen LogP contribution in [0.25, 0.3) is 0 Å². The number of aliphatic hydroxyl groups excluding tert-OH is 1. The number of carbonyl (C=O) groups is 2. The van der Waals surface area contributed by atoms with E-state index in [-0.39, 0.29) is 42.1 Å². The molecule has 46 heavy (non-hydrogen) atoms. The zero-order valence-electron chi connectivity index (χ0n) is 27.9. The van der Waals surface area contributed by atoms with Crippen molar-refractivity contribution in [3.8, 4) is 5.75 Å². The highest BCUT2D eigenvalue weighted by molar-refractivity contribution is 6.91. The van der Waals surface area contributed by atoms with E-state index in [4.69, 9.17) is 9.47 Å². The molecule has 2 aliphatic heterocycles. The number of piperidine rings is 1. The molecule has 8 heteroatoms. The topological polar surface area (TPSA) is 79.3 Å². The molecule has 0 bridgehead atoms. The van der Waals surface area contributed by atoms with E-state index in [2.05, 4.69) is 56.4 Å². The molecular formula is C38H50N2O5Si. The molecule has 7 nitrogen and oxygen atoms in total. The van der Waals surface area contributed by atoms with Crippen LogP contribution in [0.4, 0.5) is 5.69 Å². The molecule has 3 aromatic carbocycles.